The Morgan fingerprint density at radius 1 is 1.06 bits per heavy atom. The third-order valence-corrected chi connectivity index (χ3v) is 4.82. The van der Waals surface area contributed by atoms with Gasteiger partial charge in [-0.05, 0) is 36.4 Å². The number of hydrogen-bond donors (Lipinski definition) is 2. The molecule has 0 aliphatic heterocycles. The first-order valence-corrected chi connectivity index (χ1v) is 10.1. The lowest BCUT2D eigenvalue weighted by Gasteiger charge is -2.17. The van der Waals surface area contributed by atoms with Crippen LogP contribution in [0.1, 0.15) is 19.5 Å². The van der Waals surface area contributed by atoms with Crippen molar-refractivity contribution in [1.82, 2.24) is 4.98 Å². The van der Waals surface area contributed by atoms with Crippen LogP contribution in [0.3, 0.4) is 0 Å². The molecule has 3 rings (SSSR count). The SMILES string of the molecule is CC(=O)Nc1ccc(F)c(NC(=O)/C=C/c2csc(N(C(C)=O)c3ccccc3)n2)c1. The summed E-state index contributed by atoms with van der Waals surface area (Å²) in [6, 6.07) is 13.0. The second-order valence-electron chi connectivity index (χ2n) is 6.44. The molecule has 0 radical (unpaired) electrons. The number of nitrogens with zero attached hydrogens (tertiary/aromatic N) is 2. The van der Waals surface area contributed by atoms with Gasteiger partial charge in [-0.15, -0.1) is 11.3 Å². The van der Waals surface area contributed by atoms with Crippen molar-refractivity contribution < 1.29 is 18.8 Å². The van der Waals surface area contributed by atoms with Gasteiger partial charge in [0.05, 0.1) is 17.1 Å². The molecule has 0 unspecified atom stereocenters. The van der Waals surface area contributed by atoms with Crippen LogP contribution in [-0.2, 0) is 14.4 Å². The Kier molecular flexibility index (Phi) is 6.88. The highest BCUT2D eigenvalue weighted by molar-refractivity contribution is 7.14. The Bertz CT molecular complexity index is 1140. The summed E-state index contributed by atoms with van der Waals surface area (Å²) in [7, 11) is 0. The second-order valence-corrected chi connectivity index (χ2v) is 7.28. The number of nitrogens with one attached hydrogen (secondary N) is 2. The molecule has 0 saturated carbocycles. The Morgan fingerprint density at radius 2 is 1.81 bits per heavy atom. The molecule has 1 heterocycles. The zero-order valence-electron chi connectivity index (χ0n) is 16.8. The molecule has 0 saturated heterocycles. The van der Waals surface area contributed by atoms with Crippen LogP contribution in [-0.4, -0.2) is 22.7 Å². The third-order valence-electron chi connectivity index (χ3n) is 3.98. The van der Waals surface area contributed by atoms with Gasteiger partial charge in [0, 0.05) is 31.0 Å². The van der Waals surface area contributed by atoms with E-state index in [0.717, 1.165) is 6.07 Å². The van der Waals surface area contributed by atoms with Crippen LogP contribution in [0.15, 0.2) is 60.0 Å². The molecule has 31 heavy (non-hydrogen) atoms. The molecule has 0 aliphatic carbocycles. The predicted molar refractivity (Wildman–Crippen MR) is 120 cm³/mol. The maximum absolute atomic E-state index is 14.0. The molecular weight excluding hydrogens is 419 g/mol. The lowest BCUT2D eigenvalue weighted by atomic mass is 10.2. The lowest BCUT2D eigenvalue weighted by Crippen LogP contribution is -2.22. The smallest absolute Gasteiger partial charge is 0.248 e. The summed E-state index contributed by atoms with van der Waals surface area (Å²) in [6.07, 6.45) is 2.68. The molecule has 3 aromatic rings. The molecule has 2 N–H and O–H groups in total. The summed E-state index contributed by atoms with van der Waals surface area (Å²) in [6.45, 7) is 2.78. The van der Waals surface area contributed by atoms with E-state index in [1.54, 1.807) is 17.5 Å². The minimum atomic E-state index is -0.633. The van der Waals surface area contributed by atoms with E-state index in [2.05, 4.69) is 15.6 Å². The van der Waals surface area contributed by atoms with Gasteiger partial charge in [0.2, 0.25) is 17.7 Å². The zero-order valence-corrected chi connectivity index (χ0v) is 17.6. The molecule has 3 amide bonds. The molecule has 0 bridgehead atoms. The van der Waals surface area contributed by atoms with Gasteiger partial charge in [-0.25, -0.2) is 9.37 Å². The second kappa shape index (κ2) is 9.77. The van der Waals surface area contributed by atoms with Crippen LogP contribution < -0.4 is 15.5 Å². The number of carbonyl (C=O) groups is 3. The van der Waals surface area contributed by atoms with E-state index in [0.29, 0.717) is 22.2 Å². The van der Waals surface area contributed by atoms with Gasteiger partial charge >= 0.3 is 0 Å². The fraction of sp³-hybridized carbons (Fsp3) is 0.0909. The number of amides is 3. The van der Waals surface area contributed by atoms with Crippen molar-refractivity contribution in [2.24, 2.45) is 0 Å². The number of hydrogen-bond acceptors (Lipinski definition) is 5. The first kappa shape index (κ1) is 21.8. The molecule has 2 aromatic carbocycles. The Balaban J connectivity index is 1.72. The predicted octanol–water partition coefficient (Wildman–Crippen LogP) is 4.58. The lowest BCUT2D eigenvalue weighted by molar-refractivity contribution is -0.116. The molecular formula is C22H19FN4O3S. The third kappa shape index (κ3) is 5.83. The van der Waals surface area contributed by atoms with Gasteiger partial charge in [0.1, 0.15) is 5.82 Å². The number of aromatic nitrogens is 1. The van der Waals surface area contributed by atoms with Crippen LogP contribution >= 0.6 is 11.3 Å². The van der Waals surface area contributed by atoms with Gasteiger partial charge in [-0.3, -0.25) is 19.3 Å². The Morgan fingerprint density at radius 3 is 2.48 bits per heavy atom. The topological polar surface area (TPSA) is 91.4 Å². The number of thiazole rings is 1. The van der Waals surface area contributed by atoms with Crippen molar-refractivity contribution in [2.75, 3.05) is 15.5 Å². The quantitative estimate of drug-likeness (QED) is 0.551. The molecule has 158 valence electrons. The zero-order chi connectivity index (χ0) is 22.4. The van der Waals surface area contributed by atoms with Gasteiger partial charge in [-0.1, -0.05) is 18.2 Å². The highest BCUT2D eigenvalue weighted by Gasteiger charge is 2.17. The summed E-state index contributed by atoms with van der Waals surface area (Å²) >= 11 is 1.26. The molecule has 0 spiro atoms. The van der Waals surface area contributed by atoms with Crippen molar-refractivity contribution in [1.29, 1.82) is 0 Å². The highest BCUT2D eigenvalue weighted by atomic mass is 32.1. The Hall–Kier alpha value is -3.85. The number of halogens is 1. The van der Waals surface area contributed by atoms with Crippen molar-refractivity contribution >= 4 is 57.3 Å². The molecule has 9 heteroatoms. The van der Waals surface area contributed by atoms with Crippen LogP contribution in [0.2, 0.25) is 0 Å². The van der Waals surface area contributed by atoms with Crippen molar-refractivity contribution in [3.8, 4) is 0 Å². The van der Waals surface area contributed by atoms with E-state index in [4.69, 9.17) is 0 Å². The normalized spacial score (nSPS) is 10.7. The largest absolute Gasteiger partial charge is 0.326 e. The number of carbonyl (C=O) groups excluding carboxylic acids is 3. The number of rotatable bonds is 6. The van der Waals surface area contributed by atoms with E-state index < -0.39 is 11.7 Å². The molecule has 0 atom stereocenters. The maximum atomic E-state index is 14.0. The first-order valence-electron chi connectivity index (χ1n) is 9.21. The van der Waals surface area contributed by atoms with Crippen molar-refractivity contribution in [3.05, 3.63) is 71.5 Å². The van der Waals surface area contributed by atoms with Gasteiger partial charge in [0.25, 0.3) is 0 Å². The Labute approximate surface area is 182 Å². The van der Waals surface area contributed by atoms with Crippen molar-refractivity contribution in [2.45, 2.75) is 13.8 Å². The van der Waals surface area contributed by atoms with Crippen LogP contribution in [0, 0.1) is 5.82 Å². The van der Waals surface area contributed by atoms with Gasteiger partial charge in [0.15, 0.2) is 5.13 Å². The summed E-state index contributed by atoms with van der Waals surface area (Å²) in [5.41, 5.74) is 1.46. The van der Waals surface area contributed by atoms with Crippen LogP contribution in [0.4, 0.5) is 26.6 Å². The van der Waals surface area contributed by atoms with E-state index >= 15 is 0 Å². The molecule has 0 fully saturated rings. The first-order chi connectivity index (χ1) is 14.8. The van der Waals surface area contributed by atoms with Gasteiger partial charge in [-0.2, -0.15) is 0 Å². The number of para-hydroxylation sites is 1. The monoisotopic (exact) mass is 438 g/mol. The number of benzene rings is 2. The minimum absolute atomic E-state index is 0.0632. The minimum Gasteiger partial charge on any atom is -0.326 e. The van der Waals surface area contributed by atoms with E-state index in [1.165, 1.54) is 54.4 Å². The van der Waals surface area contributed by atoms with Crippen LogP contribution in [0.5, 0.6) is 0 Å². The summed E-state index contributed by atoms with van der Waals surface area (Å²) in [5, 5.41) is 7.12. The number of anilines is 4. The fourth-order valence-electron chi connectivity index (χ4n) is 2.70. The van der Waals surface area contributed by atoms with E-state index in [-0.39, 0.29) is 17.5 Å². The summed E-state index contributed by atoms with van der Waals surface area (Å²) < 4.78 is 14.0. The summed E-state index contributed by atoms with van der Waals surface area (Å²) in [4.78, 5) is 41.3. The van der Waals surface area contributed by atoms with Crippen molar-refractivity contribution in [3.63, 3.8) is 0 Å². The average molecular weight is 438 g/mol. The molecule has 0 aliphatic rings. The standard InChI is InChI=1S/C22H19FN4O3S/c1-14(28)24-16-8-10-19(23)20(12-16)26-21(30)11-9-17-13-31-22(25-17)27(15(2)29)18-6-4-3-5-7-18/h3-13H,1-2H3,(H,24,28)(H,26,30)/b11-9+. The average Bonchev–Trinajstić information content (AvgIpc) is 3.17. The summed E-state index contributed by atoms with van der Waals surface area (Å²) in [5.74, 6) is -1.70. The molecule has 7 nitrogen and oxygen atoms in total. The van der Waals surface area contributed by atoms with Crippen LogP contribution in [0.25, 0.3) is 6.08 Å². The highest BCUT2D eigenvalue weighted by Crippen LogP contribution is 2.29. The van der Waals surface area contributed by atoms with E-state index in [1.807, 2.05) is 18.2 Å². The molecule has 1 aromatic heterocycles. The van der Waals surface area contributed by atoms with E-state index in [9.17, 15) is 18.8 Å². The maximum Gasteiger partial charge on any atom is 0.248 e. The van der Waals surface area contributed by atoms with Gasteiger partial charge < -0.3 is 10.6 Å². The fourth-order valence-corrected chi connectivity index (χ4v) is 3.55.